The third-order valence-electron chi connectivity index (χ3n) is 5.33. The summed E-state index contributed by atoms with van der Waals surface area (Å²) in [4.78, 5) is 27.0. The van der Waals surface area contributed by atoms with Crippen molar-refractivity contribution < 1.29 is 29.7 Å². The van der Waals surface area contributed by atoms with Crippen molar-refractivity contribution in [3.8, 4) is 11.5 Å². The number of methoxy groups -OCH3 is 1. The number of ketones is 1. The van der Waals surface area contributed by atoms with E-state index < -0.39 is 18.4 Å². The second-order valence-corrected chi connectivity index (χ2v) is 9.32. The number of para-hydroxylation sites is 1. The molecule has 2 aromatic rings. The van der Waals surface area contributed by atoms with E-state index in [-0.39, 0.29) is 45.7 Å². The van der Waals surface area contributed by atoms with Crippen LogP contribution in [0.4, 0.5) is 4.79 Å². The number of piperidine rings is 1. The molecule has 1 fully saturated rings. The molecule has 33 heavy (non-hydrogen) atoms. The van der Waals surface area contributed by atoms with E-state index in [9.17, 15) is 14.7 Å². The summed E-state index contributed by atoms with van der Waals surface area (Å²) in [6.45, 7) is 6.34. The molecule has 3 rings (SSSR count). The smallest absolute Gasteiger partial charge is 0.410 e. The van der Waals surface area contributed by atoms with Crippen molar-refractivity contribution in [3.63, 3.8) is 0 Å². The molecule has 2 aromatic carbocycles. The van der Waals surface area contributed by atoms with Crippen LogP contribution in [-0.4, -0.2) is 47.6 Å². The first-order valence-corrected chi connectivity index (χ1v) is 11.0. The van der Waals surface area contributed by atoms with E-state index >= 15 is 0 Å². The molecule has 176 valence electrons. The van der Waals surface area contributed by atoms with E-state index in [0.29, 0.717) is 31.5 Å². The number of aromatic hydroxyl groups is 1. The van der Waals surface area contributed by atoms with E-state index in [4.69, 9.17) is 26.6 Å². The van der Waals surface area contributed by atoms with Crippen LogP contribution < -0.4 is 4.74 Å². The topological polar surface area (TPSA) is 76.1 Å². The molecule has 1 amide bonds. The minimum atomic E-state index is -2.77. The number of hydrogen-bond donors (Lipinski definition) is 1. The molecule has 1 N–H and O–H groups in total. The van der Waals surface area contributed by atoms with Crippen LogP contribution in [0.5, 0.6) is 11.5 Å². The standard InChI is InChI=1S/C26H30ClNO5/c1-26(2,3)33-25(31)28-14-12-17(13-15-28)20-6-5-7-21(24(20)30)22(29)11-9-18-8-10-19(27)16-23(18)32-4/h5-11,16-17,30H,12-15H2,1-4H3/b11-9+/i4D3,9D. The molecule has 0 saturated carbocycles. The second kappa shape index (κ2) is 10.3. The van der Waals surface area contributed by atoms with Gasteiger partial charge in [-0.25, -0.2) is 4.79 Å². The van der Waals surface area contributed by atoms with Crippen molar-refractivity contribution in [3.05, 3.63) is 64.2 Å². The highest BCUT2D eigenvalue weighted by molar-refractivity contribution is 6.30. The lowest BCUT2D eigenvalue weighted by Gasteiger charge is -2.33. The third kappa shape index (κ3) is 6.29. The van der Waals surface area contributed by atoms with Crippen molar-refractivity contribution in [1.82, 2.24) is 4.90 Å². The van der Waals surface area contributed by atoms with Gasteiger partial charge in [-0.15, -0.1) is 0 Å². The number of benzene rings is 2. The van der Waals surface area contributed by atoms with E-state index in [2.05, 4.69) is 0 Å². The lowest BCUT2D eigenvalue weighted by Crippen LogP contribution is -2.41. The number of allylic oxidation sites excluding steroid dienone is 1. The Bertz CT molecular complexity index is 1200. The number of nitrogens with zero attached hydrogens (tertiary/aromatic N) is 1. The maximum absolute atomic E-state index is 13.0. The first-order chi connectivity index (χ1) is 17.1. The summed E-state index contributed by atoms with van der Waals surface area (Å²) in [6, 6.07) is 8.68. The number of hydrogen-bond acceptors (Lipinski definition) is 5. The normalized spacial score (nSPS) is 17.5. The fraction of sp³-hybridized carbons (Fsp3) is 0.385. The van der Waals surface area contributed by atoms with E-state index in [1.54, 1.807) is 17.0 Å². The van der Waals surface area contributed by atoms with Crippen LogP contribution in [0.1, 0.15) is 66.5 Å². The van der Waals surface area contributed by atoms with E-state index in [1.807, 2.05) is 20.8 Å². The highest BCUT2D eigenvalue weighted by Gasteiger charge is 2.29. The van der Waals surface area contributed by atoms with Crippen molar-refractivity contribution in [2.45, 2.75) is 45.1 Å². The van der Waals surface area contributed by atoms with Crippen LogP contribution >= 0.6 is 11.6 Å². The minimum absolute atomic E-state index is 0.0177. The maximum atomic E-state index is 13.0. The van der Waals surface area contributed by atoms with Gasteiger partial charge in [0.05, 0.1) is 18.1 Å². The summed E-state index contributed by atoms with van der Waals surface area (Å²) in [6.07, 6.45) is 1.80. The Labute approximate surface area is 205 Å². The molecule has 1 aliphatic heterocycles. The largest absolute Gasteiger partial charge is 0.507 e. The van der Waals surface area contributed by atoms with Gasteiger partial charge in [0, 0.05) is 23.7 Å². The predicted octanol–water partition coefficient (Wildman–Crippen LogP) is 6.06. The molecule has 0 bridgehead atoms. The summed E-state index contributed by atoms with van der Waals surface area (Å²) in [5, 5.41) is 11.1. The van der Waals surface area contributed by atoms with Gasteiger partial charge in [-0.2, -0.15) is 0 Å². The van der Waals surface area contributed by atoms with E-state index in [1.165, 1.54) is 24.3 Å². The molecule has 6 nitrogen and oxygen atoms in total. The highest BCUT2D eigenvalue weighted by Crippen LogP contribution is 2.36. The zero-order valence-corrected chi connectivity index (χ0v) is 19.6. The van der Waals surface area contributed by atoms with Gasteiger partial charge < -0.3 is 19.5 Å². The summed E-state index contributed by atoms with van der Waals surface area (Å²) in [5.41, 5.74) is 0.0900. The average molecular weight is 476 g/mol. The van der Waals surface area contributed by atoms with Gasteiger partial charge in [0.2, 0.25) is 0 Å². The number of phenolic OH excluding ortho intramolecular Hbond substituents is 1. The molecule has 1 heterocycles. The lowest BCUT2D eigenvalue weighted by atomic mass is 9.87. The number of carbonyl (C=O) groups is 2. The first kappa shape index (κ1) is 19.5. The average Bonchev–Trinajstić information content (AvgIpc) is 2.77. The maximum Gasteiger partial charge on any atom is 0.410 e. The number of rotatable bonds is 5. The molecule has 0 atom stereocenters. The monoisotopic (exact) mass is 475 g/mol. The van der Waals surface area contributed by atoms with Crippen LogP contribution in [0.2, 0.25) is 5.02 Å². The number of halogens is 1. The Morgan fingerprint density at radius 3 is 2.64 bits per heavy atom. The Morgan fingerprint density at radius 1 is 1.24 bits per heavy atom. The molecule has 1 aliphatic rings. The van der Waals surface area contributed by atoms with Crippen LogP contribution in [-0.2, 0) is 4.74 Å². The van der Waals surface area contributed by atoms with Gasteiger partial charge in [-0.1, -0.05) is 23.7 Å². The molecule has 0 radical (unpaired) electrons. The van der Waals surface area contributed by atoms with Crippen LogP contribution in [0.15, 0.2) is 42.5 Å². The molecule has 1 saturated heterocycles. The molecule has 7 heteroatoms. The Balaban J connectivity index is 1.79. The van der Waals surface area contributed by atoms with Crippen LogP contribution in [0.25, 0.3) is 6.05 Å². The van der Waals surface area contributed by atoms with Crippen molar-refractivity contribution in [2.75, 3.05) is 20.1 Å². The Hall–Kier alpha value is -2.99. The fourth-order valence-electron chi connectivity index (χ4n) is 3.71. The number of amides is 1. The van der Waals surface area contributed by atoms with Crippen molar-refractivity contribution in [1.29, 1.82) is 0 Å². The van der Waals surface area contributed by atoms with E-state index in [0.717, 1.165) is 6.08 Å². The number of ether oxygens (including phenoxy) is 2. The zero-order chi connectivity index (χ0) is 27.5. The molecule has 0 spiro atoms. The number of phenols is 1. The van der Waals surface area contributed by atoms with Crippen LogP contribution in [0, 0.1) is 0 Å². The SMILES string of the molecule is [2H]/C(=C\C(=O)c1cccc(C2CCN(C(=O)OC(C)(C)C)CC2)c1O)c1ccc(Cl)cc1OC([2H])([2H])[2H]. The van der Waals surface area contributed by atoms with Gasteiger partial charge in [0.1, 0.15) is 17.1 Å². The molecular formula is C26H30ClNO5. The molecular weight excluding hydrogens is 442 g/mol. The number of likely N-dealkylation sites (tertiary alicyclic amines) is 1. The zero-order valence-electron chi connectivity index (χ0n) is 22.9. The van der Waals surface area contributed by atoms with Gasteiger partial charge >= 0.3 is 6.09 Å². The van der Waals surface area contributed by atoms with Crippen molar-refractivity contribution in [2.24, 2.45) is 0 Å². The minimum Gasteiger partial charge on any atom is -0.507 e. The molecule has 0 aliphatic carbocycles. The predicted molar refractivity (Wildman–Crippen MR) is 129 cm³/mol. The summed E-state index contributed by atoms with van der Waals surface area (Å²) < 4.78 is 40.7. The first-order valence-electron chi connectivity index (χ1n) is 12.7. The van der Waals surface area contributed by atoms with Crippen molar-refractivity contribution >= 4 is 29.5 Å². The van der Waals surface area contributed by atoms with Gasteiger partial charge in [-0.3, -0.25) is 4.79 Å². The quantitative estimate of drug-likeness (QED) is 0.420. The second-order valence-electron chi connectivity index (χ2n) is 8.88. The lowest BCUT2D eigenvalue weighted by molar-refractivity contribution is 0.0204. The summed E-state index contributed by atoms with van der Waals surface area (Å²) in [7, 11) is -2.77. The molecule has 0 unspecified atom stereocenters. The Morgan fingerprint density at radius 2 is 1.97 bits per heavy atom. The summed E-state index contributed by atoms with van der Waals surface area (Å²) in [5.74, 6) is -1.02. The van der Waals surface area contributed by atoms with Gasteiger partial charge in [0.25, 0.3) is 0 Å². The number of carbonyl (C=O) groups excluding carboxylic acids is 2. The van der Waals surface area contributed by atoms with Gasteiger partial charge in [-0.05, 0) is 81.5 Å². The van der Waals surface area contributed by atoms with Gasteiger partial charge in [0.15, 0.2) is 5.78 Å². The third-order valence-corrected chi connectivity index (χ3v) is 5.57. The fourth-order valence-corrected chi connectivity index (χ4v) is 3.87. The Kier molecular flexibility index (Phi) is 6.08. The van der Waals surface area contributed by atoms with Crippen LogP contribution in [0.3, 0.4) is 0 Å². The summed E-state index contributed by atoms with van der Waals surface area (Å²) >= 11 is 5.95. The molecule has 0 aromatic heterocycles. The highest BCUT2D eigenvalue weighted by atomic mass is 35.5.